The largest absolute Gasteiger partial charge is 0.357 e. The predicted molar refractivity (Wildman–Crippen MR) is 67.1 cm³/mol. The third kappa shape index (κ3) is 2.86. The number of nitrogens with zero attached hydrogens (tertiary/aromatic N) is 1. The zero-order valence-corrected chi connectivity index (χ0v) is 11.1. The second-order valence-electron chi connectivity index (χ2n) is 3.73. The Balaban J connectivity index is 2.00. The van der Waals surface area contributed by atoms with E-state index in [0.29, 0.717) is 6.61 Å². The number of alkyl halides is 1. The Bertz CT molecular complexity index is 285. The summed E-state index contributed by atoms with van der Waals surface area (Å²) >= 11 is 2.31. The number of halogens is 1. The molecule has 2 aliphatic rings. The molecule has 0 bridgehead atoms. The fourth-order valence-electron chi connectivity index (χ4n) is 1.79. The topological polar surface area (TPSA) is 50.8 Å². The molecule has 6 heteroatoms. The molecule has 0 saturated carbocycles. The SMILES string of the molecule is O=C1NCOC/C=C\N1[C@H]1CC[C@@H](CI)O1. The monoisotopic (exact) mass is 338 g/mol. The van der Waals surface area contributed by atoms with Gasteiger partial charge in [-0.1, -0.05) is 22.6 Å². The smallest absolute Gasteiger partial charge is 0.325 e. The Morgan fingerprint density at radius 3 is 3.19 bits per heavy atom. The highest BCUT2D eigenvalue weighted by molar-refractivity contribution is 14.1. The van der Waals surface area contributed by atoms with E-state index in [2.05, 4.69) is 27.9 Å². The summed E-state index contributed by atoms with van der Waals surface area (Å²) in [4.78, 5) is 13.4. The first kappa shape index (κ1) is 12.1. The summed E-state index contributed by atoms with van der Waals surface area (Å²) in [5.41, 5.74) is 0. The van der Waals surface area contributed by atoms with E-state index in [9.17, 15) is 4.79 Å². The molecule has 5 nitrogen and oxygen atoms in total. The lowest BCUT2D eigenvalue weighted by Gasteiger charge is -2.26. The molecule has 1 N–H and O–H groups in total. The number of urea groups is 1. The number of nitrogens with one attached hydrogen (secondary N) is 1. The molecule has 0 aromatic rings. The van der Waals surface area contributed by atoms with Crippen LogP contribution in [0.1, 0.15) is 12.8 Å². The number of hydrogen-bond acceptors (Lipinski definition) is 3. The number of carbonyl (C=O) groups is 1. The summed E-state index contributed by atoms with van der Waals surface area (Å²) < 4.78 is 11.9. The number of amides is 2. The van der Waals surface area contributed by atoms with E-state index in [-0.39, 0.29) is 25.1 Å². The third-order valence-corrected chi connectivity index (χ3v) is 3.59. The third-order valence-electron chi connectivity index (χ3n) is 2.61. The van der Waals surface area contributed by atoms with Crippen LogP contribution in [-0.4, -0.2) is 41.0 Å². The van der Waals surface area contributed by atoms with Gasteiger partial charge in [0.25, 0.3) is 0 Å². The van der Waals surface area contributed by atoms with Gasteiger partial charge in [-0.15, -0.1) is 0 Å². The summed E-state index contributed by atoms with van der Waals surface area (Å²) in [5.74, 6) is 0. The lowest BCUT2D eigenvalue weighted by Crippen LogP contribution is -2.44. The molecule has 16 heavy (non-hydrogen) atoms. The second-order valence-corrected chi connectivity index (χ2v) is 4.61. The predicted octanol–water partition coefficient (Wildman–Crippen LogP) is 1.44. The molecule has 2 atom stereocenters. The maximum absolute atomic E-state index is 11.8. The van der Waals surface area contributed by atoms with Gasteiger partial charge >= 0.3 is 6.03 Å². The average molecular weight is 338 g/mol. The molecule has 1 fully saturated rings. The van der Waals surface area contributed by atoms with Crippen molar-refractivity contribution < 1.29 is 14.3 Å². The summed E-state index contributed by atoms with van der Waals surface area (Å²) in [7, 11) is 0. The fraction of sp³-hybridized carbons (Fsp3) is 0.700. The van der Waals surface area contributed by atoms with Crippen LogP contribution in [0.25, 0.3) is 0 Å². The van der Waals surface area contributed by atoms with Crippen LogP contribution in [0.5, 0.6) is 0 Å². The van der Waals surface area contributed by atoms with E-state index in [1.807, 2.05) is 6.08 Å². The zero-order chi connectivity index (χ0) is 11.4. The number of ether oxygens (including phenoxy) is 2. The summed E-state index contributed by atoms with van der Waals surface area (Å²) in [5, 5.41) is 2.68. The van der Waals surface area contributed by atoms with E-state index in [4.69, 9.17) is 9.47 Å². The molecule has 90 valence electrons. The van der Waals surface area contributed by atoms with Gasteiger partial charge in [0.1, 0.15) is 13.0 Å². The standard InChI is InChI=1S/C10H15IN2O3/c11-6-8-2-3-9(16-8)13-4-1-5-15-7-12-10(13)14/h1,4,8-9H,2-3,5-7H2,(H,12,14)/b4-1-/t8-,9+/m0/s1. The minimum atomic E-state index is -0.157. The van der Waals surface area contributed by atoms with Crippen molar-refractivity contribution in [2.75, 3.05) is 17.8 Å². The van der Waals surface area contributed by atoms with Crippen LogP contribution < -0.4 is 5.32 Å². The van der Waals surface area contributed by atoms with Crippen molar-refractivity contribution in [1.29, 1.82) is 0 Å². The number of carbonyl (C=O) groups excluding carboxylic acids is 1. The molecule has 2 rings (SSSR count). The number of rotatable bonds is 2. The molecule has 0 aromatic heterocycles. The van der Waals surface area contributed by atoms with E-state index >= 15 is 0 Å². The lowest BCUT2D eigenvalue weighted by atomic mass is 10.2. The van der Waals surface area contributed by atoms with Crippen LogP contribution in [-0.2, 0) is 9.47 Å². The maximum Gasteiger partial charge on any atom is 0.325 e. The Kier molecular flexibility index (Phi) is 4.42. The molecule has 0 unspecified atom stereocenters. The van der Waals surface area contributed by atoms with E-state index in [0.717, 1.165) is 17.3 Å². The van der Waals surface area contributed by atoms with Crippen molar-refractivity contribution in [3.05, 3.63) is 12.3 Å². The minimum Gasteiger partial charge on any atom is -0.357 e. The van der Waals surface area contributed by atoms with Gasteiger partial charge in [-0.3, -0.25) is 4.90 Å². The lowest BCUT2D eigenvalue weighted by molar-refractivity contribution is -0.00975. The Morgan fingerprint density at radius 1 is 1.56 bits per heavy atom. The average Bonchev–Trinajstić information content (AvgIpc) is 2.72. The van der Waals surface area contributed by atoms with Crippen molar-refractivity contribution in [3.63, 3.8) is 0 Å². The van der Waals surface area contributed by atoms with Crippen molar-refractivity contribution in [2.24, 2.45) is 0 Å². The highest BCUT2D eigenvalue weighted by atomic mass is 127. The van der Waals surface area contributed by atoms with Gasteiger partial charge in [0.2, 0.25) is 0 Å². The maximum atomic E-state index is 11.8. The molecule has 1 saturated heterocycles. The van der Waals surface area contributed by atoms with Gasteiger partial charge in [0, 0.05) is 10.6 Å². The summed E-state index contributed by atoms with van der Waals surface area (Å²) in [6.45, 7) is 0.765. The highest BCUT2D eigenvalue weighted by Gasteiger charge is 2.31. The van der Waals surface area contributed by atoms with Gasteiger partial charge in [-0.2, -0.15) is 0 Å². The molecule has 2 heterocycles. The van der Waals surface area contributed by atoms with Crippen molar-refractivity contribution >= 4 is 28.6 Å². The quantitative estimate of drug-likeness (QED) is 0.612. The van der Waals surface area contributed by atoms with Crippen molar-refractivity contribution in [2.45, 2.75) is 25.2 Å². The molecule has 2 amide bonds. The molecule has 2 aliphatic heterocycles. The first-order valence-corrected chi connectivity index (χ1v) is 6.86. The van der Waals surface area contributed by atoms with Gasteiger partial charge in [0.15, 0.2) is 0 Å². The molecular weight excluding hydrogens is 323 g/mol. The zero-order valence-electron chi connectivity index (χ0n) is 8.89. The molecule has 0 radical (unpaired) electrons. The molecular formula is C10H15IN2O3. The van der Waals surface area contributed by atoms with Crippen LogP contribution in [0.3, 0.4) is 0 Å². The molecule has 0 aliphatic carbocycles. The van der Waals surface area contributed by atoms with Gasteiger partial charge in [-0.05, 0) is 18.9 Å². The van der Waals surface area contributed by atoms with Crippen molar-refractivity contribution in [3.8, 4) is 0 Å². The summed E-state index contributed by atoms with van der Waals surface area (Å²) in [6.07, 6.45) is 5.63. The van der Waals surface area contributed by atoms with Crippen LogP contribution in [0.2, 0.25) is 0 Å². The fourth-order valence-corrected chi connectivity index (χ4v) is 2.43. The van der Waals surface area contributed by atoms with Gasteiger partial charge in [0.05, 0.1) is 12.7 Å². The van der Waals surface area contributed by atoms with E-state index < -0.39 is 0 Å². The van der Waals surface area contributed by atoms with Crippen LogP contribution in [0.4, 0.5) is 4.79 Å². The van der Waals surface area contributed by atoms with Crippen LogP contribution in [0.15, 0.2) is 12.3 Å². The van der Waals surface area contributed by atoms with E-state index in [1.165, 1.54) is 0 Å². The summed E-state index contributed by atoms with van der Waals surface area (Å²) in [6, 6.07) is -0.157. The second kappa shape index (κ2) is 5.83. The Hall–Kier alpha value is -0.340. The van der Waals surface area contributed by atoms with Crippen LogP contribution in [0, 0.1) is 0 Å². The first-order valence-electron chi connectivity index (χ1n) is 5.33. The molecule has 0 aromatic carbocycles. The normalized spacial score (nSPS) is 33.1. The van der Waals surface area contributed by atoms with Gasteiger partial charge in [-0.25, -0.2) is 4.79 Å². The van der Waals surface area contributed by atoms with Gasteiger partial charge < -0.3 is 14.8 Å². The highest BCUT2D eigenvalue weighted by Crippen LogP contribution is 2.24. The first-order chi connectivity index (χ1) is 7.81. The Labute approximate surface area is 108 Å². The van der Waals surface area contributed by atoms with Crippen molar-refractivity contribution in [1.82, 2.24) is 10.2 Å². The number of hydrogen-bond donors (Lipinski definition) is 1. The Morgan fingerprint density at radius 2 is 2.44 bits per heavy atom. The molecule has 0 spiro atoms. The van der Waals surface area contributed by atoms with Crippen LogP contribution >= 0.6 is 22.6 Å². The minimum absolute atomic E-state index is 0.130. The van der Waals surface area contributed by atoms with E-state index in [1.54, 1.807) is 11.1 Å².